The van der Waals surface area contributed by atoms with Crippen LogP contribution < -0.4 is 10.2 Å². The smallest absolute Gasteiger partial charge is 0.271 e. The Morgan fingerprint density at radius 1 is 1.35 bits per heavy atom. The number of carbonyl (C=O) groups is 1. The molecule has 0 spiro atoms. The van der Waals surface area contributed by atoms with E-state index in [0.29, 0.717) is 12.2 Å². The van der Waals surface area contributed by atoms with Crippen LogP contribution in [0.1, 0.15) is 37.0 Å². The summed E-state index contributed by atoms with van der Waals surface area (Å²) in [5, 5.41) is 3.84. The quantitative estimate of drug-likeness (QED) is 0.607. The predicted molar refractivity (Wildman–Crippen MR) is 68.5 cm³/mol. The molecule has 0 fully saturated rings. The van der Waals surface area contributed by atoms with E-state index in [1.165, 1.54) is 0 Å². The second-order valence-electron chi connectivity index (χ2n) is 3.50. The Bertz CT molecular complexity index is 372. The van der Waals surface area contributed by atoms with Crippen molar-refractivity contribution in [3.63, 3.8) is 0 Å². The van der Waals surface area contributed by atoms with Crippen molar-refractivity contribution >= 4 is 12.1 Å². The third-order valence-electron chi connectivity index (χ3n) is 2.10. The van der Waals surface area contributed by atoms with E-state index in [2.05, 4.69) is 17.5 Å². The first kappa shape index (κ1) is 13.2. The van der Waals surface area contributed by atoms with Gasteiger partial charge in [0.15, 0.2) is 0 Å². The molecule has 92 valence electrons. The van der Waals surface area contributed by atoms with Crippen molar-refractivity contribution in [3.8, 4) is 5.75 Å². The molecule has 1 aromatic rings. The molecule has 0 aliphatic heterocycles. The molecule has 0 aliphatic carbocycles. The number of hydrogen-bond donors (Lipinski definition) is 1. The minimum atomic E-state index is -0.208. The van der Waals surface area contributed by atoms with Crippen molar-refractivity contribution in [1.29, 1.82) is 0 Å². The largest absolute Gasteiger partial charge is 0.494 e. The molecule has 1 rings (SSSR count). The molecule has 0 aromatic heterocycles. The van der Waals surface area contributed by atoms with Crippen LogP contribution in [-0.2, 0) is 0 Å². The molecule has 4 heteroatoms. The van der Waals surface area contributed by atoms with Crippen LogP contribution in [0.25, 0.3) is 0 Å². The van der Waals surface area contributed by atoms with Gasteiger partial charge in [-0.1, -0.05) is 13.3 Å². The maximum absolute atomic E-state index is 11.6. The van der Waals surface area contributed by atoms with Gasteiger partial charge in [0.2, 0.25) is 0 Å². The Kier molecular flexibility index (Phi) is 5.79. The molecule has 17 heavy (non-hydrogen) atoms. The predicted octanol–water partition coefficient (Wildman–Crippen LogP) is 2.60. The first-order valence-electron chi connectivity index (χ1n) is 5.82. The van der Waals surface area contributed by atoms with Crippen LogP contribution in [0, 0.1) is 0 Å². The maximum Gasteiger partial charge on any atom is 0.271 e. The molecule has 0 unspecified atom stereocenters. The van der Waals surface area contributed by atoms with Crippen LogP contribution in [0.2, 0.25) is 0 Å². The molecular formula is C13H18N2O2. The maximum atomic E-state index is 11.6. The van der Waals surface area contributed by atoms with Gasteiger partial charge in [0.25, 0.3) is 5.91 Å². The molecule has 0 bridgehead atoms. The molecule has 1 amide bonds. The lowest BCUT2D eigenvalue weighted by Gasteiger charge is -2.03. The standard InChI is InChI=1S/C13H18N2O2/c1-3-5-10-14-15-13(16)11-6-8-12(9-7-11)17-4-2/h6-10H,3-5H2,1-2H3,(H,15,16). The Morgan fingerprint density at radius 2 is 2.06 bits per heavy atom. The summed E-state index contributed by atoms with van der Waals surface area (Å²) in [6.07, 6.45) is 3.58. The fourth-order valence-electron chi connectivity index (χ4n) is 1.23. The minimum Gasteiger partial charge on any atom is -0.494 e. The number of nitrogens with zero attached hydrogens (tertiary/aromatic N) is 1. The lowest BCUT2D eigenvalue weighted by molar-refractivity contribution is 0.0955. The lowest BCUT2D eigenvalue weighted by atomic mass is 10.2. The van der Waals surface area contributed by atoms with Crippen LogP contribution in [-0.4, -0.2) is 18.7 Å². The van der Waals surface area contributed by atoms with E-state index >= 15 is 0 Å². The van der Waals surface area contributed by atoms with Crippen LogP contribution in [0.15, 0.2) is 29.4 Å². The summed E-state index contributed by atoms with van der Waals surface area (Å²) in [4.78, 5) is 11.6. The summed E-state index contributed by atoms with van der Waals surface area (Å²) >= 11 is 0. The molecule has 1 N–H and O–H groups in total. The van der Waals surface area contributed by atoms with Gasteiger partial charge in [-0.05, 0) is 37.6 Å². The third kappa shape index (κ3) is 4.68. The number of hydrazone groups is 1. The van der Waals surface area contributed by atoms with Gasteiger partial charge < -0.3 is 4.74 Å². The Morgan fingerprint density at radius 3 is 2.65 bits per heavy atom. The second kappa shape index (κ2) is 7.44. The summed E-state index contributed by atoms with van der Waals surface area (Å²) in [5.41, 5.74) is 3.05. The number of nitrogens with one attached hydrogen (secondary N) is 1. The normalized spacial score (nSPS) is 10.5. The molecule has 0 aliphatic rings. The monoisotopic (exact) mass is 234 g/mol. The average Bonchev–Trinajstić information content (AvgIpc) is 2.36. The molecule has 0 saturated heterocycles. The number of ether oxygens (including phenoxy) is 1. The van der Waals surface area contributed by atoms with E-state index in [0.717, 1.165) is 18.6 Å². The number of benzene rings is 1. The van der Waals surface area contributed by atoms with E-state index in [1.54, 1.807) is 30.5 Å². The third-order valence-corrected chi connectivity index (χ3v) is 2.10. The Hall–Kier alpha value is -1.84. The van der Waals surface area contributed by atoms with Gasteiger partial charge in [-0.3, -0.25) is 4.79 Å². The summed E-state index contributed by atoms with van der Waals surface area (Å²) in [7, 11) is 0. The van der Waals surface area contributed by atoms with E-state index in [4.69, 9.17) is 4.74 Å². The molecule has 4 nitrogen and oxygen atoms in total. The Balaban J connectivity index is 2.51. The fourth-order valence-corrected chi connectivity index (χ4v) is 1.23. The zero-order valence-electron chi connectivity index (χ0n) is 10.3. The highest BCUT2D eigenvalue weighted by Gasteiger charge is 2.03. The van der Waals surface area contributed by atoms with Gasteiger partial charge in [-0.2, -0.15) is 5.10 Å². The molecule has 0 saturated carbocycles. The highest BCUT2D eigenvalue weighted by Crippen LogP contribution is 2.11. The van der Waals surface area contributed by atoms with Gasteiger partial charge in [0, 0.05) is 11.8 Å². The van der Waals surface area contributed by atoms with Crippen molar-refractivity contribution in [2.24, 2.45) is 5.10 Å². The Labute approximate surface area is 102 Å². The van der Waals surface area contributed by atoms with Crippen LogP contribution in [0.3, 0.4) is 0 Å². The fraction of sp³-hybridized carbons (Fsp3) is 0.385. The van der Waals surface area contributed by atoms with Crippen LogP contribution >= 0.6 is 0 Å². The number of hydrogen-bond acceptors (Lipinski definition) is 3. The summed E-state index contributed by atoms with van der Waals surface area (Å²) in [5.74, 6) is 0.555. The van der Waals surface area contributed by atoms with Crippen molar-refractivity contribution in [3.05, 3.63) is 29.8 Å². The zero-order valence-corrected chi connectivity index (χ0v) is 10.3. The number of carbonyl (C=O) groups excluding carboxylic acids is 1. The van der Waals surface area contributed by atoms with E-state index in [9.17, 15) is 4.79 Å². The lowest BCUT2D eigenvalue weighted by Crippen LogP contribution is -2.17. The highest BCUT2D eigenvalue weighted by atomic mass is 16.5. The molecule has 0 radical (unpaired) electrons. The zero-order chi connectivity index (χ0) is 12.5. The van der Waals surface area contributed by atoms with Crippen molar-refractivity contribution in [2.75, 3.05) is 6.61 Å². The van der Waals surface area contributed by atoms with Crippen LogP contribution in [0.5, 0.6) is 5.75 Å². The summed E-state index contributed by atoms with van der Waals surface area (Å²) in [6.45, 7) is 4.59. The highest BCUT2D eigenvalue weighted by molar-refractivity contribution is 5.94. The summed E-state index contributed by atoms with van der Waals surface area (Å²) in [6, 6.07) is 6.98. The molecule has 0 atom stereocenters. The van der Waals surface area contributed by atoms with Crippen molar-refractivity contribution in [1.82, 2.24) is 5.43 Å². The van der Waals surface area contributed by atoms with E-state index in [1.807, 2.05) is 6.92 Å². The number of unbranched alkanes of at least 4 members (excludes halogenated alkanes) is 1. The average molecular weight is 234 g/mol. The topological polar surface area (TPSA) is 50.7 Å². The summed E-state index contributed by atoms with van der Waals surface area (Å²) < 4.78 is 5.29. The first-order valence-corrected chi connectivity index (χ1v) is 5.82. The minimum absolute atomic E-state index is 0.208. The first-order chi connectivity index (χ1) is 8.27. The van der Waals surface area contributed by atoms with Gasteiger partial charge in [0.1, 0.15) is 5.75 Å². The molecular weight excluding hydrogens is 216 g/mol. The van der Waals surface area contributed by atoms with Gasteiger partial charge >= 0.3 is 0 Å². The van der Waals surface area contributed by atoms with Crippen molar-refractivity contribution in [2.45, 2.75) is 26.7 Å². The van der Waals surface area contributed by atoms with E-state index in [-0.39, 0.29) is 5.91 Å². The van der Waals surface area contributed by atoms with Gasteiger partial charge in [-0.15, -0.1) is 0 Å². The number of rotatable bonds is 6. The second-order valence-corrected chi connectivity index (χ2v) is 3.50. The van der Waals surface area contributed by atoms with Crippen LogP contribution in [0.4, 0.5) is 0 Å². The van der Waals surface area contributed by atoms with Gasteiger partial charge in [0.05, 0.1) is 6.61 Å². The molecule has 1 aromatic carbocycles. The molecule has 0 heterocycles. The number of amides is 1. The van der Waals surface area contributed by atoms with Gasteiger partial charge in [-0.25, -0.2) is 5.43 Å². The van der Waals surface area contributed by atoms with Crippen molar-refractivity contribution < 1.29 is 9.53 Å². The van der Waals surface area contributed by atoms with E-state index < -0.39 is 0 Å². The SMILES string of the molecule is CCCC=NNC(=O)c1ccc(OCC)cc1.